The lowest BCUT2D eigenvalue weighted by Crippen LogP contribution is -2.28. The normalized spacial score (nSPS) is 26.1. The molecule has 3 rings (SSSR count). The van der Waals surface area contributed by atoms with Crippen molar-refractivity contribution >= 4 is 11.3 Å². The lowest BCUT2D eigenvalue weighted by atomic mass is 9.67. The Morgan fingerprint density at radius 3 is 2.86 bits per heavy atom. The number of hydrogen-bond acceptors (Lipinski definition) is 3. The van der Waals surface area contributed by atoms with Gasteiger partial charge in [-0.05, 0) is 67.0 Å². The average Bonchev–Trinajstić information content (AvgIpc) is 2.80. The van der Waals surface area contributed by atoms with Crippen molar-refractivity contribution in [2.45, 2.75) is 52.4 Å². The molecule has 1 aromatic rings. The van der Waals surface area contributed by atoms with Crippen molar-refractivity contribution in [3.05, 3.63) is 34.9 Å². The van der Waals surface area contributed by atoms with E-state index in [0.29, 0.717) is 5.75 Å². The number of aromatic hydroxyl groups is 1. The highest BCUT2D eigenvalue weighted by atomic mass is 16.4. The van der Waals surface area contributed by atoms with Gasteiger partial charge in [-0.25, -0.2) is 0 Å². The van der Waals surface area contributed by atoms with Crippen molar-refractivity contribution in [1.82, 2.24) is 0 Å². The maximum Gasteiger partial charge on any atom is 0.115 e. The second-order valence-electron chi connectivity index (χ2n) is 6.45. The Morgan fingerprint density at radius 2 is 2.14 bits per heavy atom. The minimum Gasteiger partial charge on any atom is -0.508 e. The van der Waals surface area contributed by atoms with Gasteiger partial charge in [0.25, 0.3) is 0 Å². The van der Waals surface area contributed by atoms with Gasteiger partial charge in [0.1, 0.15) is 5.75 Å². The van der Waals surface area contributed by atoms with Gasteiger partial charge in [0.05, 0.1) is 5.71 Å². The van der Waals surface area contributed by atoms with Crippen LogP contribution in [0.15, 0.2) is 28.9 Å². The Bertz CT molecular complexity index is 630. The standard InChI is InChI=1S/C18H23NO2/c1-3-4-8-18-9-7-16(19-21)12(2)17(18)15-6-5-14(20)10-13(15)11-18/h5-6,10,20-21H,3-4,7-9,11H2,1-2H3. The fourth-order valence-electron chi connectivity index (χ4n) is 4.19. The van der Waals surface area contributed by atoms with Gasteiger partial charge in [0.2, 0.25) is 0 Å². The number of oxime groups is 1. The maximum atomic E-state index is 9.77. The minimum atomic E-state index is 0.171. The molecule has 2 aliphatic rings. The van der Waals surface area contributed by atoms with Crippen LogP contribution in [0.2, 0.25) is 0 Å². The fourth-order valence-corrected chi connectivity index (χ4v) is 4.19. The predicted octanol–water partition coefficient (Wildman–Crippen LogP) is 4.52. The molecule has 2 N–H and O–H groups in total. The summed E-state index contributed by atoms with van der Waals surface area (Å²) in [7, 11) is 0. The summed E-state index contributed by atoms with van der Waals surface area (Å²) in [6, 6.07) is 5.69. The van der Waals surface area contributed by atoms with Crippen LogP contribution in [0.1, 0.15) is 57.1 Å². The molecule has 3 nitrogen and oxygen atoms in total. The molecule has 2 aliphatic carbocycles. The molecule has 0 spiro atoms. The highest BCUT2D eigenvalue weighted by molar-refractivity contribution is 6.09. The smallest absolute Gasteiger partial charge is 0.115 e. The predicted molar refractivity (Wildman–Crippen MR) is 84.8 cm³/mol. The molecule has 1 atom stereocenters. The first-order chi connectivity index (χ1) is 10.1. The van der Waals surface area contributed by atoms with Crippen LogP contribution in [-0.2, 0) is 6.42 Å². The van der Waals surface area contributed by atoms with Gasteiger partial charge in [0, 0.05) is 5.41 Å². The number of fused-ring (bicyclic) bond motifs is 3. The molecule has 0 saturated carbocycles. The van der Waals surface area contributed by atoms with Crippen LogP contribution in [0.4, 0.5) is 0 Å². The molecule has 0 aromatic heterocycles. The van der Waals surface area contributed by atoms with E-state index in [1.807, 2.05) is 12.1 Å². The van der Waals surface area contributed by atoms with Crippen molar-refractivity contribution in [2.75, 3.05) is 0 Å². The van der Waals surface area contributed by atoms with E-state index in [-0.39, 0.29) is 5.41 Å². The average molecular weight is 285 g/mol. The van der Waals surface area contributed by atoms with E-state index >= 15 is 0 Å². The molecule has 0 fully saturated rings. The highest BCUT2D eigenvalue weighted by Crippen LogP contribution is 2.56. The van der Waals surface area contributed by atoms with Gasteiger partial charge >= 0.3 is 0 Å². The quantitative estimate of drug-likeness (QED) is 0.633. The molecule has 1 unspecified atom stereocenters. The minimum absolute atomic E-state index is 0.171. The van der Waals surface area contributed by atoms with Gasteiger partial charge in [-0.1, -0.05) is 31.0 Å². The zero-order valence-electron chi connectivity index (χ0n) is 12.8. The third-order valence-corrected chi connectivity index (χ3v) is 5.20. The van der Waals surface area contributed by atoms with Crippen LogP contribution in [0.5, 0.6) is 5.75 Å². The topological polar surface area (TPSA) is 52.8 Å². The van der Waals surface area contributed by atoms with E-state index in [4.69, 9.17) is 0 Å². The molecule has 1 aromatic carbocycles. The summed E-state index contributed by atoms with van der Waals surface area (Å²) in [5.41, 5.74) is 5.94. The number of unbranched alkanes of at least 4 members (excludes halogenated alkanes) is 1. The molecule has 21 heavy (non-hydrogen) atoms. The number of phenols is 1. The summed E-state index contributed by atoms with van der Waals surface area (Å²) in [6.45, 7) is 4.30. The molecule has 0 amide bonds. The first-order valence-electron chi connectivity index (χ1n) is 7.86. The first kappa shape index (κ1) is 14.2. The van der Waals surface area contributed by atoms with Gasteiger partial charge < -0.3 is 10.3 Å². The Labute approximate surface area is 126 Å². The van der Waals surface area contributed by atoms with Crippen molar-refractivity contribution in [3.8, 4) is 5.75 Å². The SMILES string of the molecule is CCCCC12CCC(=NO)C(C)=C1c1ccc(O)cc1C2. The van der Waals surface area contributed by atoms with E-state index in [1.165, 1.54) is 36.0 Å². The number of phenolic OH excluding ortho intramolecular Hbond substituents is 1. The highest BCUT2D eigenvalue weighted by Gasteiger charge is 2.45. The molecule has 0 aliphatic heterocycles. The molecule has 0 radical (unpaired) electrons. The number of hydrogen-bond donors (Lipinski definition) is 2. The molecule has 0 heterocycles. The van der Waals surface area contributed by atoms with Gasteiger partial charge in [-0.2, -0.15) is 0 Å². The van der Waals surface area contributed by atoms with Crippen molar-refractivity contribution in [2.24, 2.45) is 10.6 Å². The zero-order chi connectivity index (χ0) is 15.0. The van der Waals surface area contributed by atoms with Crippen LogP contribution in [0.25, 0.3) is 5.57 Å². The van der Waals surface area contributed by atoms with Crippen molar-refractivity contribution < 1.29 is 10.3 Å². The van der Waals surface area contributed by atoms with Crippen molar-refractivity contribution in [3.63, 3.8) is 0 Å². The molecule has 0 bridgehead atoms. The van der Waals surface area contributed by atoms with Gasteiger partial charge in [-0.3, -0.25) is 0 Å². The summed E-state index contributed by atoms with van der Waals surface area (Å²) in [5, 5.41) is 22.5. The van der Waals surface area contributed by atoms with Crippen molar-refractivity contribution in [1.29, 1.82) is 0 Å². The van der Waals surface area contributed by atoms with Crippen LogP contribution >= 0.6 is 0 Å². The number of allylic oxidation sites excluding steroid dienone is 2. The Hall–Kier alpha value is -1.77. The van der Waals surface area contributed by atoms with E-state index in [1.54, 1.807) is 6.07 Å². The summed E-state index contributed by atoms with van der Waals surface area (Å²) in [6.07, 6.45) is 6.45. The third-order valence-electron chi connectivity index (χ3n) is 5.20. The van der Waals surface area contributed by atoms with E-state index in [2.05, 4.69) is 19.0 Å². The van der Waals surface area contributed by atoms with Gasteiger partial charge in [-0.15, -0.1) is 0 Å². The first-order valence-corrected chi connectivity index (χ1v) is 7.86. The third kappa shape index (κ3) is 2.15. The fraction of sp³-hybridized carbons (Fsp3) is 0.500. The monoisotopic (exact) mass is 285 g/mol. The molecular formula is C18H23NO2. The Kier molecular flexibility index (Phi) is 3.52. The maximum absolute atomic E-state index is 9.77. The molecule has 3 heteroatoms. The number of nitrogens with zero attached hydrogens (tertiary/aromatic N) is 1. The lowest BCUT2D eigenvalue weighted by Gasteiger charge is -2.36. The summed E-state index contributed by atoms with van der Waals surface area (Å²) in [4.78, 5) is 0. The van der Waals surface area contributed by atoms with E-state index in [0.717, 1.165) is 30.5 Å². The zero-order valence-corrected chi connectivity index (χ0v) is 12.8. The molecule has 112 valence electrons. The number of rotatable bonds is 3. The van der Waals surface area contributed by atoms with E-state index < -0.39 is 0 Å². The second-order valence-corrected chi connectivity index (χ2v) is 6.45. The summed E-state index contributed by atoms with van der Waals surface area (Å²) >= 11 is 0. The number of benzene rings is 1. The second kappa shape index (κ2) is 5.21. The Morgan fingerprint density at radius 1 is 1.33 bits per heavy atom. The summed E-state index contributed by atoms with van der Waals surface area (Å²) in [5.74, 6) is 0.340. The molecular weight excluding hydrogens is 262 g/mol. The van der Waals surface area contributed by atoms with Crippen LogP contribution in [-0.4, -0.2) is 16.0 Å². The van der Waals surface area contributed by atoms with Crippen LogP contribution in [0, 0.1) is 5.41 Å². The van der Waals surface area contributed by atoms with E-state index in [9.17, 15) is 10.3 Å². The van der Waals surface area contributed by atoms with Gasteiger partial charge in [0.15, 0.2) is 0 Å². The lowest BCUT2D eigenvalue weighted by molar-refractivity contribution is 0.308. The van der Waals surface area contributed by atoms with Crippen LogP contribution < -0.4 is 0 Å². The Balaban J connectivity index is 2.16. The summed E-state index contributed by atoms with van der Waals surface area (Å²) < 4.78 is 0. The largest absolute Gasteiger partial charge is 0.508 e. The molecule has 0 saturated heterocycles. The van der Waals surface area contributed by atoms with Crippen LogP contribution in [0.3, 0.4) is 0 Å².